The minimum absolute atomic E-state index is 0. The molecule has 0 spiro atoms. The van der Waals surface area contributed by atoms with Crippen LogP contribution in [0.1, 0.15) is 19.8 Å². The summed E-state index contributed by atoms with van der Waals surface area (Å²) < 4.78 is 39.7. The molecule has 0 bridgehead atoms. The van der Waals surface area contributed by atoms with Gasteiger partial charge in [0.05, 0.1) is 12.0 Å². The number of hydrogen-bond acceptors (Lipinski definition) is 3. The predicted octanol–water partition coefficient (Wildman–Crippen LogP) is 1.49. The standard InChI is InChI=1S/C11H19F3N2O2.ClH/c1-10(3-2-4-15-7-10)9(17)16-5-6-18-8-11(12,13)14;/h15H,2-8H2,1H3,(H,16,17);1H. The van der Waals surface area contributed by atoms with Gasteiger partial charge in [0.1, 0.15) is 6.61 Å². The molecule has 0 saturated carbocycles. The van der Waals surface area contributed by atoms with Gasteiger partial charge in [-0.3, -0.25) is 4.79 Å². The molecule has 1 aliphatic heterocycles. The fourth-order valence-corrected chi connectivity index (χ4v) is 1.89. The molecule has 1 rings (SSSR count). The van der Waals surface area contributed by atoms with Crippen molar-refractivity contribution in [3.8, 4) is 0 Å². The molecular weight excluding hydrogens is 285 g/mol. The van der Waals surface area contributed by atoms with Gasteiger partial charge in [-0.1, -0.05) is 0 Å². The first kappa shape index (κ1) is 18.5. The largest absolute Gasteiger partial charge is 0.411 e. The minimum atomic E-state index is -4.32. The van der Waals surface area contributed by atoms with Gasteiger partial charge in [-0.05, 0) is 26.3 Å². The highest BCUT2D eigenvalue weighted by Crippen LogP contribution is 2.25. The van der Waals surface area contributed by atoms with Crippen LogP contribution in [0.15, 0.2) is 0 Å². The summed E-state index contributed by atoms with van der Waals surface area (Å²) in [6.07, 6.45) is -2.60. The molecule has 1 aliphatic rings. The Morgan fingerprint density at radius 1 is 1.47 bits per heavy atom. The lowest BCUT2D eigenvalue weighted by Crippen LogP contribution is -2.49. The average molecular weight is 305 g/mol. The van der Waals surface area contributed by atoms with E-state index in [0.717, 1.165) is 19.4 Å². The van der Waals surface area contributed by atoms with Gasteiger partial charge in [-0.15, -0.1) is 12.4 Å². The third kappa shape index (κ3) is 6.98. The van der Waals surface area contributed by atoms with E-state index in [9.17, 15) is 18.0 Å². The van der Waals surface area contributed by atoms with Crippen molar-refractivity contribution in [3.05, 3.63) is 0 Å². The van der Waals surface area contributed by atoms with Crippen molar-refractivity contribution >= 4 is 18.3 Å². The molecular formula is C11H20ClF3N2O2. The Hall–Kier alpha value is -0.530. The van der Waals surface area contributed by atoms with Crippen LogP contribution in [0.3, 0.4) is 0 Å². The topological polar surface area (TPSA) is 50.4 Å². The quantitative estimate of drug-likeness (QED) is 0.757. The second-order valence-electron chi connectivity index (χ2n) is 4.76. The second-order valence-corrected chi connectivity index (χ2v) is 4.76. The first-order valence-electron chi connectivity index (χ1n) is 5.97. The normalized spacial score (nSPS) is 23.6. The van der Waals surface area contributed by atoms with Crippen LogP contribution >= 0.6 is 12.4 Å². The van der Waals surface area contributed by atoms with Crippen LogP contribution in [0, 0.1) is 5.41 Å². The highest BCUT2D eigenvalue weighted by atomic mass is 35.5. The van der Waals surface area contributed by atoms with E-state index in [1.807, 2.05) is 6.92 Å². The van der Waals surface area contributed by atoms with Crippen LogP contribution in [0.5, 0.6) is 0 Å². The zero-order chi connectivity index (χ0) is 13.6. The van der Waals surface area contributed by atoms with E-state index in [2.05, 4.69) is 15.4 Å². The Labute approximate surface area is 116 Å². The molecule has 2 N–H and O–H groups in total. The number of alkyl halides is 3. The molecule has 114 valence electrons. The van der Waals surface area contributed by atoms with E-state index in [1.54, 1.807) is 0 Å². The molecule has 4 nitrogen and oxygen atoms in total. The van der Waals surface area contributed by atoms with Gasteiger partial charge in [-0.2, -0.15) is 13.2 Å². The van der Waals surface area contributed by atoms with Gasteiger partial charge < -0.3 is 15.4 Å². The van der Waals surface area contributed by atoms with Crippen molar-refractivity contribution in [1.82, 2.24) is 10.6 Å². The van der Waals surface area contributed by atoms with Crippen molar-refractivity contribution in [2.75, 3.05) is 32.8 Å². The SMILES string of the molecule is CC1(C(=O)NCCOCC(F)(F)F)CCCNC1.Cl. The van der Waals surface area contributed by atoms with Crippen molar-refractivity contribution in [1.29, 1.82) is 0 Å². The fourth-order valence-electron chi connectivity index (χ4n) is 1.89. The molecule has 1 atom stereocenters. The number of amides is 1. The number of carbonyl (C=O) groups excluding carboxylic acids is 1. The van der Waals surface area contributed by atoms with Crippen LogP contribution in [-0.4, -0.2) is 44.9 Å². The van der Waals surface area contributed by atoms with Crippen LogP contribution in [-0.2, 0) is 9.53 Å². The lowest BCUT2D eigenvalue weighted by atomic mass is 9.82. The van der Waals surface area contributed by atoms with Crippen LogP contribution in [0.4, 0.5) is 13.2 Å². The van der Waals surface area contributed by atoms with Gasteiger partial charge >= 0.3 is 6.18 Å². The van der Waals surface area contributed by atoms with E-state index < -0.39 is 18.2 Å². The first-order chi connectivity index (χ1) is 8.33. The summed E-state index contributed by atoms with van der Waals surface area (Å²) in [6.45, 7) is 2.05. The molecule has 1 fully saturated rings. The summed E-state index contributed by atoms with van der Waals surface area (Å²) in [5.74, 6) is -0.134. The Balaban J connectivity index is 0.00000324. The molecule has 1 amide bonds. The zero-order valence-electron chi connectivity index (χ0n) is 10.8. The van der Waals surface area contributed by atoms with Gasteiger partial charge in [0, 0.05) is 13.1 Å². The highest BCUT2D eigenvalue weighted by Gasteiger charge is 2.34. The maximum Gasteiger partial charge on any atom is 0.411 e. The Kier molecular flexibility index (Phi) is 7.69. The molecule has 0 aliphatic carbocycles. The third-order valence-electron chi connectivity index (χ3n) is 2.94. The molecule has 0 aromatic rings. The average Bonchev–Trinajstić information content (AvgIpc) is 2.27. The number of hydrogen-bond donors (Lipinski definition) is 2. The van der Waals surface area contributed by atoms with Gasteiger partial charge in [0.25, 0.3) is 0 Å². The van der Waals surface area contributed by atoms with E-state index in [0.29, 0.717) is 6.54 Å². The minimum Gasteiger partial charge on any atom is -0.370 e. The molecule has 8 heteroatoms. The molecule has 0 radical (unpaired) electrons. The molecule has 0 aromatic carbocycles. The molecule has 1 heterocycles. The summed E-state index contributed by atoms with van der Waals surface area (Å²) in [7, 11) is 0. The van der Waals surface area contributed by atoms with E-state index in [1.165, 1.54) is 0 Å². The maximum absolute atomic E-state index is 11.9. The smallest absolute Gasteiger partial charge is 0.370 e. The van der Waals surface area contributed by atoms with Crippen LogP contribution in [0.25, 0.3) is 0 Å². The number of halogens is 4. The van der Waals surface area contributed by atoms with E-state index in [4.69, 9.17) is 0 Å². The summed E-state index contributed by atoms with van der Waals surface area (Å²) in [4.78, 5) is 11.9. The highest BCUT2D eigenvalue weighted by molar-refractivity contribution is 5.85. The number of nitrogens with one attached hydrogen (secondary N) is 2. The van der Waals surface area contributed by atoms with Crippen molar-refractivity contribution < 1.29 is 22.7 Å². The predicted molar refractivity (Wildman–Crippen MR) is 67.3 cm³/mol. The molecule has 1 unspecified atom stereocenters. The molecule has 0 aromatic heterocycles. The zero-order valence-corrected chi connectivity index (χ0v) is 11.6. The Morgan fingerprint density at radius 2 is 2.16 bits per heavy atom. The van der Waals surface area contributed by atoms with Gasteiger partial charge in [-0.25, -0.2) is 0 Å². The molecule has 19 heavy (non-hydrogen) atoms. The monoisotopic (exact) mass is 304 g/mol. The number of rotatable bonds is 5. The first-order valence-corrected chi connectivity index (χ1v) is 5.97. The fraction of sp³-hybridized carbons (Fsp3) is 0.909. The van der Waals surface area contributed by atoms with Crippen LogP contribution in [0.2, 0.25) is 0 Å². The van der Waals surface area contributed by atoms with Gasteiger partial charge in [0.15, 0.2) is 0 Å². The van der Waals surface area contributed by atoms with Crippen molar-refractivity contribution in [3.63, 3.8) is 0 Å². The lowest BCUT2D eigenvalue weighted by Gasteiger charge is -2.32. The summed E-state index contributed by atoms with van der Waals surface area (Å²) in [5, 5.41) is 5.74. The number of ether oxygens (including phenoxy) is 1. The van der Waals surface area contributed by atoms with Crippen LogP contribution < -0.4 is 10.6 Å². The van der Waals surface area contributed by atoms with E-state index >= 15 is 0 Å². The summed E-state index contributed by atoms with van der Waals surface area (Å²) >= 11 is 0. The Bertz CT molecular complexity index is 282. The van der Waals surface area contributed by atoms with E-state index in [-0.39, 0.29) is 31.5 Å². The lowest BCUT2D eigenvalue weighted by molar-refractivity contribution is -0.173. The second kappa shape index (κ2) is 7.91. The summed E-state index contributed by atoms with van der Waals surface area (Å²) in [5.41, 5.74) is -0.470. The van der Waals surface area contributed by atoms with Gasteiger partial charge in [0.2, 0.25) is 5.91 Å². The third-order valence-corrected chi connectivity index (χ3v) is 2.94. The summed E-state index contributed by atoms with van der Waals surface area (Å²) in [6, 6.07) is 0. The van der Waals surface area contributed by atoms with Crippen molar-refractivity contribution in [2.24, 2.45) is 5.41 Å². The maximum atomic E-state index is 11.9. The number of piperidine rings is 1. The number of carbonyl (C=O) groups is 1. The molecule has 1 saturated heterocycles. The Morgan fingerprint density at radius 3 is 2.68 bits per heavy atom. The van der Waals surface area contributed by atoms with Crippen molar-refractivity contribution in [2.45, 2.75) is 25.9 Å².